The molecule has 0 spiro atoms. The maximum absolute atomic E-state index is 12.6. The first kappa shape index (κ1) is 21.1. The zero-order valence-electron chi connectivity index (χ0n) is 15.0. The molecule has 1 atom stereocenters. The molecule has 1 amide bonds. The van der Waals surface area contributed by atoms with E-state index in [4.69, 9.17) is 5.11 Å². The standard InChI is InChI=1S/C17H26N2O5S/c1-5-19(11-16(20)21)17(22)15(10-12(2)3)18-25(23,24)14-8-6-13(4)7-9-14/h6-9,12,15,18H,5,10-11H2,1-4H3,(H,20,21). The molecule has 0 aromatic heterocycles. The monoisotopic (exact) mass is 370 g/mol. The second kappa shape index (κ2) is 8.96. The number of aryl methyl sites for hydroxylation is 1. The van der Waals surface area contributed by atoms with Crippen LogP contribution in [0.2, 0.25) is 0 Å². The molecule has 140 valence electrons. The Kier molecular flexibility index (Phi) is 7.57. The van der Waals surface area contributed by atoms with Crippen LogP contribution in [-0.4, -0.2) is 49.4 Å². The summed E-state index contributed by atoms with van der Waals surface area (Å²) >= 11 is 0. The molecule has 0 aliphatic carbocycles. The maximum atomic E-state index is 12.6. The number of carbonyl (C=O) groups excluding carboxylic acids is 1. The normalized spacial score (nSPS) is 12.8. The lowest BCUT2D eigenvalue weighted by molar-refractivity contribution is -0.145. The van der Waals surface area contributed by atoms with Crippen molar-refractivity contribution in [2.45, 2.75) is 45.1 Å². The van der Waals surface area contributed by atoms with Crippen molar-refractivity contribution in [3.63, 3.8) is 0 Å². The van der Waals surface area contributed by atoms with Crippen LogP contribution in [0.5, 0.6) is 0 Å². The van der Waals surface area contributed by atoms with Crippen LogP contribution in [0.4, 0.5) is 0 Å². The predicted molar refractivity (Wildman–Crippen MR) is 94.6 cm³/mol. The van der Waals surface area contributed by atoms with Crippen molar-refractivity contribution in [3.8, 4) is 0 Å². The summed E-state index contributed by atoms with van der Waals surface area (Å²) in [7, 11) is -3.88. The summed E-state index contributed by atoms with van der Waals surface area (Å²) in [5, 5.41) is 8.93. The highest BCUT2D eigenvalue weighted by molar-refractivity contribution is 7.89. The highest BCUT2D eigenvalue weighted by Crippen LogP contribution is 2.14. The van der Waals surface area contributed by atoms with Crippen molar-refractivity contribution in [2.75, 3.05) is 13.1 Å². The zero-order valence-corrected chi connectivity index (χ0v) is 15.8. The minimum atomic E-state index is -3.88. The number of nitrogens with one attached hydrogen (secondary N) is 1. The van der Waals surface area contributed by atoms with E-state index in [1.807, 2.05) is 20.8 Å². The van der Waals surface area contributed by atoms with Gasteiger partial charge in [0.15, 0.2) is 0 Å². The van der Waals surface area contributed by atoms with E-state index in [1.165, 1.54) is 12.1 Å². The summed E-state index contributed by atoms with van der Waals surface area (Å²) in [5.41, 5.74) is 0.923. The van der Waals surface area contributed by atoms with Gasteiger partial charge in [0.25, 0.3) is 0 Å². The SMILES string of the molecule is CCN(CC(=O)O)C(=O)C(CC(C)C)NS(=O)(=O)c1ccc(C)cc1. The third-order valence-corrected chi connectivity index (χ3v) is 5.14. The number of aliphatic carboxylic acids is 1. The van der Waals surface area contributed by atoms with E-state index >= 15 is 0 Å². The number of sulfonamides is 1. The Bertz CT molecular complexity index is 698. The van der Waals surface area contributed by atoms with Gasteiger partial charge in [-0.15, -0.1) is 0 Å². The van der Waals surface area contributed by atoms with Crippen LogP contribution < -0.4 is 4.72 Å². The number of carbonyl (C=O) groups is 2. The topological polar surface area (TPSA) is 104 Å². The highest BCUT2D eigenvalue weighted by Gasteiger charge is 2.30. The minimum absolute atomic E-state index is 0.0539. The zero-order chi connectivity index (χ0) is 19.2. The van der Waals surface area contributed by atoms with Crippen LogP contribution in [0.1, 0.15) is 32.8 Å². The Morgan fingerprint density at radius 3 is 2.20 bits per heavy atom. The van der Waals surface area contributed by atoms with Crippen LogP contribution in [0.25, 0.3) is 0 Å². The van der Waals surface area contributed by atoms with Crippen LogP contribution in [0, 0.1) is 12.8 Å². The third-order valence-electron chi connectivity index (χ3n) is 3.65. The van der Waals surface area contributed by atoms with E-state index in [-0.39, 0.29) is 23.8 Å². The number of likely N-dealkylation sites (N-methyl/N-ethyl adjacent to an activating group) is 1. The maximum Gasteiger partial charge on any atom is 0.323 e. The second-order valence-corrected chi connectivity index (χ2v) is 8.08. The fourth-order valence-corrected chi connectivity index (χ4v) is 3.57. The lowest BCUT2D eigenvalue weighted by Gasteiger charge is -2.26. The Morgan fingerprint density at radius 1 is 1.20 bits per heavy atom. The van der Waals surface area contributed by atoms with Gasteiger partial charge in [-0.3, -0.25) is 9.59 Å². The number of nitrogens with zero attached hydrogens (tertiary/aromatic N) is 1. The summed E-state index contributed by atoms with van der Waals surface area (Å²) in [5.74, 6) is -1.62. The molecule has 0 saturated heterocycles. The molecule has 25 heavy (non-hydrogen) atoms. The molecule has 2 N–H and O–H groups in total. The quantitative estimate of drug-likeness (QED) is 0.687. The first-order valence-corrected chi connectivity index (χ1v) is 9.64. The summed E-state index contributed by atoms with van der Waals surface area (Å²) in [6.45, 7) is 6.96. The van der Waals surface area contributed by atoms with Gasteiger partial charge in [0.05, 0.1) is 4.90 Å². The van der Waals surface area contributed by atoms with Gasteiger partial charge in [0.2, 0.25) is 15.9 Å². The molecular formula is C17H26N2O5S. The lowest BCUT2D eigenvalue weighted by atomic mass is 10.0. The van der Waals surface area contributed by atoms with Crippen molar-refractivity contribution >= 4 is 21.9 Å². The van der Waals surface area contributed by atoms with Crippen molar-refractivity contribution in [1.29, 1.82) is 0 Å². The molecular weight excluding hydrogens is 344 g/mol. The first-order chi connectivity index (χ1) is 11.6. The third kappa shape index (κ3) is 6.47. The summed E-state index contributed by atoms with van der Waals surface area (Å²) < 4.78 is 27.6. The van der Waals surface area contributed by atoms with Crippen molar-refractivity contribution in [3.05, 3.63) is 29.8 Å². The number of carboxylic acids is 1. The summed E-state index contributed by atoms with van der Waals surface area (Å²) in [6.07, 6.45) is 0.278. The molecule has 7 nitrogen and oxygen atoms in total. The van der Waals surface area contributed by atoms with E-state index in [1.54, 1.807) is 19.1 Å². The van der Waals surface area contributed by atoms with Crippen LogP contribution in [0.15, 0.2) is 29.2 Å². The van der Waals surface area contributed by atoms with Crippen LogP contribution in [-0.2, 0) is 19.6 Å². The fourth-order valence-electron chi connectivity index (χ4n) is 2.37. The molecule has 0 aliphatic rings. The molecule has 0 radical (unpaired) electrons. The number of benzene rings is 1. The van der Waals surface area contributed by atoms with Gasteiger partial charge >= 0.3 is 5.97 Å². The number of carboxylic acid groups (broad SMARTS) is 1. The number of hydrogen-bond acceptors (Lipinski definition) is 4. The van der Waals surface area contributed by atoms with Gasteiger partial charge in [0, 0.05) is 6.54 Å². The Hall–Kier alpha value is -1.93. The molecule has 1 aromatic carbocycles. The summed E-state index contributed by atoms with van der Waals surface area (Å²) in [4.78, 5) is 24.8. The molecule has 8 heteroatoms. The molecule has 0 aliphatic heterocycles. The Balaban J connectivity index is 3.07. The van der Waals surface area contributed by atoms with E-state index in [0.717, 1.165) is 10.5 Å². The lowest BCUT2D eigenvalue weighted by Crippen LogP contribution is -2.50. The number of hydrogen-bond donors (Lipinski definition) is 2. The largest absolute Gasteiger partial charge is 0.480 e. The summed E-state index contributed by atoms with van der Waals surface area (Å²) in [6, 6.07) is 5.30. The van der Waals surface area contributed by atoms with Crippen LogP contribution >= 0.6 is 0 Å². The van der Waals surface area contributed by atoms with E-state index in [9.17, 15) is 18.0 Å². The average molecular weight is 370 g/mol. The molecule has 1 rings (SSSR count). The van der Waals surface area contributed by atoms with Gasteiger partial charge < -0.3 is 10.0 Å². The van der Waals surface area contributed by atoms with E-state index < -0.39 is 34.5 Å². The average Bonchev–Trinajstić information content (AvgIpc) is 2.50. The fraction of sp³-hybridized carbons (Fsp3) is 0.529. The van der Waals surface area contributed by atoms with Gasteiger partial charge in [-0.1, -0.05) is 31.5 Å². The highest BCUT2D eigenvalue weighted by atomic mass is 32.2. The van der Waals surface area contributed by atoms with Gasteiger partial charge in [-0.05, 0) is 38.3 Å². The molecule has 1 unspecified atom stereocenters. The van der Waals surface area contributed by atoms with Gasteiger partial charge in [0.1, 0.15) is 12.6 Å². The first-order valence-electron chi connectivity index (χ1n) is 8.16. The van der Waals surface area contributed by atoms with Crippen LogP contribution in [0.3, 0.4) is 0 Å². The van der Waals surface area contributed by atoms with E-state index in [2.05, 4.69) is 4.72 Å². The molecule has 0 saturated carbocycles. The molecule has 1 aromatic rings. The number of rotatable bonds is 9. The van der Waals surface area contributed by atoms with Gasteiger partial charge in [-0.2, -0.15) is 4.72 Å². The predicted octanol–water partition coefficient (Wildman–Crippen LogP) is 1.62. The Morgan fingerprint density at radius 2 is 1.76 bits per heavy atom. The molecule has 0 fully saturated rings. The van der Waals surface area contributed by atoms with E-state index in [0.29, 0.717) is 0 Å². The smallest absolute Gasteiger partial charge is 0.323 e. The van der Waals surface area contributed by atoms with Crippen molar-refractivity contribution in [2.24, 2.45) is 5.92 Å². The van der Waals surface area contributed by atoms with Crippen molar-refractivity contribution < 1.29 is 23.1 Å². The molecule has 0 heterocycles. The Labute approximate surface area is 149 Å². The second-order valence-electron chi connectivity index (χ2n) is 6.36. The number of amides is 1. The van der Waals surface area contributed by atoms with Crippen molar-refractivity contribution in [1.82, 2.24) is 9.62 Å². The molecule has 0 bridgehead atoms. The van der Waals surface area contributed by atoms with Gasteiger partial charge in [-0.25, -0.2) is 8.42 Å². The minimum Gasteiger partial charge on any atom is -0.480 e.